The Bertz CT molecular complexity index is 363. The number of likely N-dealkylation sites (N-methyl/N-ethyl adjacent to an activating group) is 1. The predicted molar refractivity (Wildman–Crippen MR) is 75.7 cm³/mol. The third kappa shape index (κ3) is 5.36. The van der Waals surface area contributed by atoms with E-state index in [1.54, 1.807) is 0 Å². The van der Waals surface area contributed by atoms with Crippen molar-refractivity contribution in [1.29, 1.82) is 0 Å². The van der Waals surface area contributed by atoms with Gasteiger partial charge in [-0.05, 0) is 30.2 Å². The van der Waals surface area contributed by atoms with Crippen molar-refractivity contribution in [3.8, 4) is 0 Å². The lowest BCUT2D eigenvalue weighted by atomic mass is 10.1. The van der Waals surface area contributed by atoms with Crippen molar-refractivity contribution in [2.75, 3.05) is 13.6 Å². The van der Waals surface area contributed by atoms with E-state index < -0.39 is 0 Å². The predicted octanol–water partition coefficient (Wildman–Crippen LogP) is 2.93. The Balaban J connectivity index is 2.50. The van der Waals surface area contributed by atoms with E-state index in [-0.39, 0.29) is 0 Å². The minimum Gasteiger partial charge on any atom is -0.389 e. The van der Waals surface area contributed by atoms with Crippen LogP contribution in [0.3, 0.4) is 0 Å². The highest BCUT2D eigenvalue weighted by Crippen LogP contribution is 2.07. The van der Waals surface area contributed by atoms with E-state index in [1.165, 1.54) is 17.5 Å². The quantitative estimate of drug-likeness (QED) is 0.556. The molecule has 2 N–H and O–H groups in total. The molecular formula is C15H22N2. The van der Waals surface area contributed by atoms with Gasteiger partial charge in [-0.3, -0.25) is 0 Å². The van der Waals surface area contributed by atoms with Crippen LogP contribution >= 0.6 is 0 Å². The zero-order chi connectivity index (χ0) is 12.5. The van der Waals surface area contributed by atoms with Crippen molar-refractivity contribution >= 4 is 6.08 Å². The number of benzene rings is 1. The van der Waals surface area contributed by atoms with Gasteiger partial charge in [-0.25, -0.2) is 0 Å². The number of nitrogens with one attached hydrogen (secondary N) is 2. The monoisotopic (exact) mass is 230 g/mol. The SMILES string of the molecule is C=C(/C=C/c1ccc(CNCCC)cc1)NC. The molecule has 0 fully saturated rings. The fourth-order valence-electron chi connectivity index (χ4n) is 1.44. The van der Waals surface area contributed by atoms with Gasteiger partial charge in [0.2, 0.25) is 0 Å². The van der Waals surface area contributed by atoms with Gasteiger partial charge >= 0.3 is 0 Å². The van der Waals surface area contributed by atoms with Crippen LogP contribution in [0, 0.1) is 0 Å². The summed E-state index contributed by atoms with van der Waals surface area (Å²) in [7, 11) is 1.87. The Labute approximate surface area is 104 Å². The molecule has 0 bridgehead atoms. The molecule has 2 nitrogen and oxygen atoms in total. The van der Waals surface area contributed by atoms with E-state index in [2.05, 4.69) is 54.5 Å². The molecule has 92 valence electrons. The van der Waals surface area contributed by atoms with Crippen LogP contribution < -0.4 is 10.6 Å². The molecule has 0 aromatic heterocycles. The molecular weight excluding hydrogens is 208 g/mol. The average molecular weight is 230 g/mol. The Morgan fingerprint density at radius 1 is 1.29 bits per heavy atom. The van der Waals surface area contributed by atoms with Crippen LogP contribution in [-0.4, -0.2) is 13.6 Å². The number of rotatable bonds is 7. The van der Waals surface area contributed by atoms with E-state index in [0.717, 1.165) is 18.8 Å². The van der Waals surface area contributed by atoms with Crippen molar-refractivity contribution in [3.05, 3.63) is 53.7 Å². The molecule has 1 aromatic carbocycles. The molecule has 0 atom stereocenters. The summed E-state index contributed by atoms with van der Waals surface area (Å²) in [4.78, 5) is 0. The minimum atomic E-state index is 0.915. The van der Waals surface area contributed by atoms with Crippen molar-refractivity contribution in [2.45, 2.75) is 19.9 Å². The molecule has 0 spiro atoms. The summed E-state index contributed by atoms with van der Waals surface area (Å²) in [6.07, 6.45) is 5.21. The maximum absolute atomic E-state index is 3.85. The number of hydrogen-bond donors (Lipinski definition) is 2. The second-order valence-corrected chi connectivity index (χ2v) is 4.03. The summed E-state index contributed by atoms with van der Waals surface area (Å²) in [6, 6.07) is 8.57. The molecule has 0 radical (unpaired) electrons. The van der Waals surface area contributed by atoms with E-state index in [4.69, 9.17) is 0 Å². The molecule has 1 aromatic rings. The van der Waals surface area contributed by atoms with Gasteiger partial charge in [0.25, 0.3) is 0 Å². The van der Waals surface area contributed by atoms with Gasteiger partial charge in [0.05, 0.1) is 0 Å². The Morgan fingerprint density at radius 3 is 2.59 bits per heavy atom. The van der Waals surface area contributed by atoms with Gasteiger partial charge in [0.15, 0.2) is 0 Å². The Hall–Kier alpha value is -1.54. The van der Waals surface area contributed by atoms with E-state index >= 15 is 0 Å². The lowest BCUT2D eigenvalue weighted by Crippen LogP contribution is -2.13. The topological polar surface area (TPSA) is 24.1 Å². The van der Waals surface area contributed by atoms with Crippen LogP contribution in [0.5, 0.6) is 0 Å². The van der Waals surface area contributed by atoms with Crippen molar-refractivity contribution < 1.29 is 0 Å². The Kier molecular flexibility index (Phi) is 6.12. The molecule has 0 saturated carbocycles. The molecule has 0 saturated heterocycles. The largest absolute Gasteiger partial charge is 0.389 e. The highest BCUT2D eigenvalue weighted by atomic mass is 14.8. The Morgan fingerprint density at radius 2 is 2.00 bits per heavy atom. The molecule has 0 aliphatic heterocycles. The van der Waals surface area contributed by atoms with Crippen LogP contribution in [0.25, 0.3) is 6.08 Å². The average Bonchev–Trinajstić information content (AvgIpc) is 2.37. The highest BCUT2D eigenvalue weighted by molar-refractivity contribution is 5.52. The van der Waals surface area contributed by atoms with Crippen LogP contribution in [0.15, 0.2) is 42.6 Å². The first kappa shape index (κ1) is 13.5. The van der Waals surface area contributed by atoms with Gasteiger partial charge < -0.3 is 10.6 Å². The third-order valence-electron chi connectivity index (χ3n) is 2.53. The van der Waals surface area contributed by atoms with Gasteiger partial charge in [-0.15, -0.1) is 0 Å². The maximum Gasteiger partial charge on any atom is 0.0264 e. The van der Waals surface area contributed by atoms with Crippen molar-refractivity contribution in [2.24, 2.45) is 0 Å². The van der Waals surface area contributed by atoms with Crippen LogP contribution in [0.2, 0.25) is 0 Å². The van der Waals surface area contributed by atoms with Crippen molar-refractivity contribution in [3.63, 3.8) is 0 Å². The summed E-state index contributed by atoms with van der Waals surface area (Å²) in [5.41, 5.74) is 3.43. The summed E-state index contributed by atoms with van der Waals surface area (Å²) in [5.74, 6) is 0. The summed E-state index contributed by atoms with van der Waals surface area (Å²) in [6.45, 7) is 8.04. The lowest BCUT2D eigenvalue weighted by Gasteiger charge is -2.03. The van der Waals surface area contributed by atoms with Crippen LogP contribution in [0.4, 0.5) is 0 Å². The molecule has 2 heteroatoms. The fourth-order valence-corrected chi connectivity index (χ4v) is 1.44. The molecule has 0 heterocycles. The first-order valence-corrected chi connectivity index (χ1v) is 6.10. The summed E-state index contributed by atoms with van der Waals surface area (Å²) in [5, 5.41) is 6.38. The third-order valence-corrected chi connectivity index (χ3v) is 2.53. The lowest BCUT2D eigenvalue weighted by molar-refractivity contribution is 0.675. The van der Waals surface area contributed by atoms with Gasteiger partial charge in [-0.2, -0.15) is 0 Å². The molecule has 0 amide bonds. The van der Waals surface area contributed by atoms with Crippen LogP contribution in [-0.2, 0) is 6.54 Å². The zero-order valence-electron chi connectivity index (χ0n) is 10.8. The highest BCUT2D eigenvalue weighted by Gasteiger charge is 1.92. The zero-order valence-corrected chi connectivity index (χ0v) is 10.8. The van der Waals surface area contributed by atoms with Gasteiger partial charge in [0, 0.05) is 19.3 Å². The molecule has 0 unspecified atom stereocenters. The van der Waals surface area contributed by atoms with Gasteiger partial charge in [-0.1, -0.05) is 43.8 Å². The second-order valence-electron chi connectivity index (χ2n) is 4.03. The molecule has 0 aliphatic carbocycles. The summed E-state index contributed by atoms with van der Waals surface area (Å²) < 4.78 is 0. The normalized spacial score (nSPS) is 10.7. The van der Waals surface area contributed by atoms with E-state index in [1.807, 2.05) is 13.1 Å². The molecule has 0 aliphatic rings. The molecule has 1 rings (SSSR count). The van der Waals surface area contributed by atoms with E-state index in [9.17, 15) is 0 Å². The van der Waals surface area contributed by atoms with Crippen LogP contribution in [0.1, 0.15) is 24.5 Å². The first-order chi connectivity index (χ1) is 8.26. The summed E-state index contributed by atoms with van der Waals surface area (Å²) >= 11 is 0. The van der Waals surface area contributed by atoms with Gasteiger partial charge in [0.1, 0.15) is 0 Å². The molecule has 17 heavy (non-hydrogen) atoms. The second kappa shape index (κ2) is 7.69. The number of allylic oxidation sites excluding steroid dienone is 1. The minimum absolute atomic E-state index is 0.915. The van der Waals surface area contributed by atoms with Crippen molar-refractivity contribution in [1.82, 2.24) is 10.6 Å². The fraction of sp³-hybridized carbons (Fsp3) is 0.333. The number of hydrogen-bond acceptors (Lipinski definition) is 2. The smallest absolute Gasteiger partial charge is 0.0264 e. The maximum atomic E-state index is 3.85. The first-order valence-electron chi connectivity index (χ1n) is 6.10. The van der Waals surface area contributed by atoms with E-state index in [0.29, 0.717) is 0 Å². The standard InChI is InChI=1S/C15H22N2/c1-4-11-17-12-15-9-7-14(8-10-15)6-5-13(2)16-3/h5-10,16-17H,2,4,11-12H2,1,3H3/b6-5+.